The number of esters is 1. The number of allylic oxidation sites excluding steroid dienone is 3. The lowest BCUT2D eigenvalue weighted by atomic mass is 9.46. The second kappa shape index (κ2) is 7.83. The lowest BCUT2D eigenvalue weighted by Crippen LogP contribution is -2.51. The first-order valence-electron chi connectivity index (χ1n) is 13.2. The lowest BCUT2D eigenvalue weighted by molar-refractivity contribution is -0.134. The summed E-state index contributed by atoms with van der Waals surface area (Å²) in [6.45, 7) is 9.88. The van der Waals surface area contributed by atoms with E-state index < -0.39 is 0 Å². The normalized spacial score (nSPS) is 42.2. The van der Waals surface area contributed by atoms with Gasteiger partial charge < -0.3 is 9.64 Å². The number of cyclic esters (lactones) is 1. The zero-order valence-electron chi connectivity index (χ0n) is 20.6. The maximum Gasteiger partial charge on any atom is 0.331 e. The van der Waals surface area contributed by atoms with Crippen LogP contribution in [0.25, 0.3) is 0 Å². The fourth-order valence-corrected chi connectivity index (χ4v) is 8.23. The Morgan fingerprint density at radius 2 is 1.88 bits per heavy atom. The number of hydrogen-bond acceptors (Lipinski definition) is 5. The van der Waals surface area contributed by atoms with E-state index >= 15 is 0 Å². The largest absolute Gasteiger partial charge is 0.458 e. The number of rotatable bonds is 2. The highest BCUT2D eigenvalue weighted by molar-refractivity contribution is 5.87. The van der Waals surface area contributed by atoms with Gasteiger partial charge in [0.05, 0.1) is 0 Å². The predicted octanol–water partition coefficient (Wildman–Crippen LogP) is 4.57. The molecule has 0 spiro atoms. The Bertz CT molecular complexity index is 970. The zero-order chi connectivity index (χ0) is 22.8. The molecule has 4 fully saturated rings. The van der Waals surface area contributed by atoms with E-state index in [1.807, 2.05) is 0 Å². The Kier molecular flexibility index (Phi) is 5.13. The highest BCUT2D eigenvalue weighted by Crippen LogP contribution is 2.65. The van der Waals surface area contributed by atoms with Crippen LogP contribution in [0, 0.1) is 28.6 Å². The molecular formula is C28H39N3O2. The van der Waals surface area contributed by atoms with Crippen LogP contribution in [0.2, 0.25) is 0 Å². The smallest absolute Gasteiger partial charge is 0.331 e. The van der Waals surface area contributed by atoms with Crippen molar-refractivity contribution in [3.05, 3.63) is 34.9 Å². The summed E-state index contributed by atoms with van der Waals surface area (Å²) in [5.74, 6) is 2.07. The Balaban J connectivity index is 1.18. The first kappa shape index (κ1) is 21.6. The van der Waals surface area contributed by atoms with Gasteiger partial charge in [0, 0.05) is 49.0 Å². The van der Waals surface area contributed by atoms with E-state index in [-0.39, 0.29) is 11.4 Å². The van der Waals surface area contributed by atoms with E-state index in [9.17, 15) is 4.79 Å². The van der Waals surface area contributed by atoms with Gasteiger partial charge in [-0.1, -0.05) is 31.6 Å². The Morgan fingerprint density at radius 3 is 2.64 bits per heavy atom. The molecule has 6 aliphatic rings. The number of fused-ring (bicyclic) bond motifs is 5. The van der Waals surface area contributed by atoms with Crippen molar-refractivity contribution in [1.29, 1.82) is 0 Å². The first-order valence-corrected chi connectivity index (χ1v) is 13.2. The van der Waals surface area contributed by atoms with Crippen LogP contribution in [0.15, 0.2) is 40.0 Å². The molecule has 2 unspecified atom stereocenters. The van der Waals surface area contributed by atoms with Crippen LogP contribution in [0.3, 0.4) is 0 Å². The third-order valence-corrected chi connectivity index (χ3v) is 10.3. The monoisotopic (exact) mass is 449 g/mol. The second-order valence-corrected chi connectivity index (χ2v) is 12.0. The summed E-state index contributed by atoms with van der Waals surface area (Å²) in [4.78, 5) is 14.1. The Hall–Kier alpha value is -1.88. The molecule has 1 saturated heterocycles. The molecule has 0 aromatic carbocycles. The molecule has 0 aromatic heterocycles. The second-order valence-electron chi connectivity index (χ2n) is 12.0. The van der Waals surface area contributed by atoms with Gasteiger partial charge in [0.25, 0.3) is 0 Å². The van der Waals surface area contributed by atoms with Crippen LogP contribution >= 0.6 is 0 Å². The van der Waals surface area contributed by atoms with Crippen molar-refractivity contribution in [2.75, 3.05) is 39.8 Å². The van der Waals surface area contributed by atoms with Crippen molar-refractivity contribution in [3.63, 3.8) is 0 Å². The molecule has 0 N–H and O–H groups in total. The highest BCUT2D eigenvalue weighted by Gasteiger charge is 2.56. The number of hydrogen-bond donors (Lipinski definition) is 0. The predicted molar refractivity (Wildman–Crippen MR) is 131 cm³/mol. The number of hydrazone groups is 1. The van der Waals surface area contributed by atoms with E-state index in [1.165, 1.54) is 56.2 Å². The van der Waals surface area contributed by atoms with Crippen molar-refractivity contribution in [3.8, 4) is 0 Å². The third kappa shape index (κ3) is 3.45. The number of ether oxygens (including phenoxy) is 1. The van der Waals surface area contributed by atoms with E-state index in [4.69, 9.17) is 9.84 Å². The van der Waals surface area contributed by atoms with Crippen LogP contribution in [-0.2, 0) is 9.53 Å². The van der Waals surface area contributed by atoms with Crippen LogP contribution in [0.5, 0.6) is 0 Å². The Labute approximate surface area is 198 Å². The minimum absolute atomic E-state index is 0.0902. The summed E-state index contributed by atoms with van der Waals surface area (Å²) >= 11 is 0. The summed E-state index contributed by atoms with van der Waals surface area (Å²) in [6.07, 6.45) is 15.3. The molecule has 5 nitrogen and oxygen atoms in total. The summed E-state index contributed by atoms with van der Waals surface area (Å²) in [6, 6.07) is 0. The summed E-state index contributed by atoms with van der Waals surface area (Å²) in [5, 5.41) is 7.47. The zero-order valence-corrected chi connectivity index (χ0v) is 20.6. The van der Waals surface area contributed by atoms with Crippen LogP contribution in [-0.4, -0.2) is 61.4 Å². The van der Waals surface area contributed by atoms with Crippen molar-refractivity contribution >= 4 is 11.7 Å². The van der Waals surface area contributed by atoms with Crippen molar-refractivity contribution in [1.82, 2.24) is 9.91 Å². The Morgan fingerprint density at radius 1 is 1.06 bits per heavy atom. The highest BCUT2D eigenvalue weighted by atomic mass is 16.5. The van der Waals surface area contributed by atoms with Crippen LogP contribution in [0.1, 0.15) is 58.8 Å². The molecular weight excluding hydrogens is 410 g/mol. The molecule has 5 heteroatoms. The average molecular weight is 450 g/mol. The van der Waals surface area contributed by atoms with Gasteiger partial charge in [-0.25, -0.2) is 4.79 Å². The maximum absolute atomic E-state index is 11.7. The fraction of sp³-hybridized carbons (Fsp3) is 0.714. The molecule has 2 aliphatic heterocycles. The van der Waals surface area contributed by atoms with E-state index in [0.717, 1.165) is 43.6 Å². The van der Waals surface area contributed by atoms with Gasteiger partial charge in [0.2, 0.25) is 0 Å². The fourth-order valence-electron chi connectivity index (χ4n) is 8.23. The van der Waals surface area contributed by atoms with Gasteiger partial charge in [0.15, 0.2) is 0 Å². The van der Waals surface area contributed by atoms with Gasteiger partial charge in [-0.05, 0) is 80.7 Å². The maximum atomic E-state index is 11.7. The molecule has 5 atom stereocenters. The van der Waals surface area contributed by atoms with Crippen LogP contribution < -0.4 is 0 Å². The van der Waals surface area contributed by atoms with Gasteiger partial charge >= 0.3 is 5.97 Å². The molecule has 6 rings (SSSR count). The summed E-state index contributed by atoms with van der Waals surface area (Å²) in [5.41, 5.74) is 6.08. The summed E-state index contributed by atoms with van der Waals surface area (Å²) < 4.78 is 5.25. The standard InChI is InChI=1S/C28H39N3O2/c1-27-10-8-21(29-31-14-12-30(3)13-15-31)17-20(27)4-5-22-24-7-6-23(19-16-26(32)33-18-19)28(24,2)11-9-25(22)27/h6-7,16,20,22,25H,4-5,8-15,17-18H2,1-3H3/b29-21+/t20?,22?,25-,27-,28+/m0/s1. The topological polar surface area (TPSA) is 45.1 Å². The number of carbonyl (C=O) groups excluding carboxylic acids is 1. The van der Waals surface area contributed by atoms with E-state index in [1.54, 1.807) is 11.6 Å². The SMILES string of the molecule is CN1CCN(/N=C2\CC[C@@]3(C)C(CCC4C5=CC=C(C6=CC(=O)OC6)[C@@]5(C)CC[C@@H]43)C2)CC1. The number of nitrogens with zero attached hydrogens (tertiary/aromatic N) is 3. The van der Waals surface area contributed by atoms with Crippen molar-refractivity contribution in [2.45, 2.75) is 58.8 Å². The molecule has 178 valence electrons. The number of piperazine rings is 1. The molecule has 0 bridgehead atoms. The molecule has 0 radical (unpaired) electrons. The van der Waals surface area contributed by atoms with Gasteiger partial charge in [0.1, 0.15) is 6.61 Å². The minimum Gasteiger partial charge on any atom is -0.458 e. The first-order chi connectivity index (χ1) is 15.9. The average Bonchev–Trinajstić information content (AvgIpc) is 3.38. The third-order valence-electron chi connectivity index (χ3n) is 10.3. The molecule has 4 aliphatic carbocycles. The van der Waals surface area contributed by atoms with Crippen molar-refractivity contribution in [2.24, 2.45) is 33.7 Å². The minimum atomic E-state index is -0.180. The van der Waals surface area contributed by atoms with E-state index in [2.05, 4.69) is 43.0 Å². The molecule has 2 heterocycles. The number of carbonyl (C=O) groups is 1. The molecule has 0 aromatic rings. The molecule has 3 saturated carbocycles. The van der Waals surface area contributed by atoms with Gasteiger partial charge in [-0.15, -0.1) is 0 Å². The van der Waals surface area contributed by atoms with Crippen LogP contribution in [0.4, 0.5) is 0 Å². The number of likely N-dealkylation sites (N-methyl/N-ethyl adjacent to an activating group) is 1. The van der Waals surface area contributed by atoms with E-state index in [0.29, 0.717) is 17.9 Å². The quantitative estimate of drug-likeness (QED) is 0.579. The summed E-state index contributed by atoms with van der Waals surface area (Å²) in [7, 11) is 2.21. The van der Waals surface area contributed by atoms with Gasteiger partial charge in [-0.2, -0.15) is 5.10 Å². The lowest BCUT2D eigenvalue weighted by Gasteiger charge is -2.59. The van der Waals surface area contributed by atoms with Crippen molar-refractivity contribution < 1.29 is 9.53 Å². The van der Waals surface area contributed by atoms with Gasteiger partial charge in [-0.3, -0.25) is 5.01 Å². The molecule has 0 amide bonds. The molecule has 33 heavy (non-hydrogen) atoms.